The van der Waals surface area contributed by atoms with Gasteiger partial charge in [-0.05, 0) is 32.4 Å². The number of ether oxygens (including phenoxy) is 2. The zero-order valence-electron chi connectivity index (χ0n) is 14.0. The number of hydrogen-bond acceptors (Lipinski definition) is 3. The number of carboxylic acid groups (broad SMARTS) is 1. The van der Waals surface area contributed by atoms with E-state index in [2.05, 4.69) is 0 Å². The van der Waals surface area contributed by atoms with Crippen LogP contribution in [0.3, 0.4) is 0 Å². The first-order valence-corrected chi connectivity index (χ1v) is 7.91. The van der Waals surface area contributed by atoms with E-state index < -0.39 is 17.7 Å². The molecule has 5 heteroatoms. The van der Waals surface area contributed by atoms with Crippen LogP contribution in [0.15, 0.2) is 36.4 Å². The third-order valence-corrected chi connectivity index (χ3v) is 3.70. The highest BCUT2D eigenvalue weighted by Crippen LogP contribution is 2.42. The number of rotatable bonds is 7. The van der Waals surface area contributed by atoms with E-state index in [0.717, 1.165) is 0 Å². The van der Waals surface area contributed by atoms with Crippen molar-refractivity contribution in [3.63, 3.8) is 0 Å². The minimum atomic E-state index is -1.07. The van der Waals surface area contributed by atoms with Gasteiger partial charge in [-0.15, -0.1) is 0 Å². The monoisotopic (exact) mass is 332 g/mol. The van der Waals surface area contributed by atoms with Crippen LogP contribution in [0, 0.1) is 5.82 Å². The van der Waals surface area contributed by atoms with Crippen LogP contribution in [0.4, 0.5) is 4.39 Å². The second-order valence-electron chi connectivity index (χ2n) is 5.27. The third-order valence-electron chi connectivity index (χ3n) is 3.70. The van der Waals surface area contributed by atoms with E-state index in [0.29, 0.717) is 23.5 Å². The smallest absolute Gasteiger partial charge is 0.310 e. The van der Waals surface area contributed by atoms with Gasteiger partial charge in [-0.3, -0.25) is 4.79 Å². The van der Waals surface area contributed by atoms with Gasteiger partial charge in [-0.1, -0.05) is 30.3 Å². The summed E-state index contributed by atoms with van der Waals surface area (Å²) in [7, 11) is 0. The van der Waals surface area contributed by atoms with Crippen LogP contribution in [0.1, 0.15) is 32.3 Å². The molecular formula is C19H21FO4. The Morgan fingerprint density at radius 1 is 1.17 bits per heavy atom. The maximum atomic E-state index is 15.1. The lowest BCUT2D eigenvalue weighted by Crippen LogP contribution is -2.13. The van der Waals surface area contributed by atoms with E-state index in [-0.39, 0.29) is 17.9 Å². The normalized spacial score (nSPS) is 11.8. The van der Waals surface area contributed by atoms with Gasteiger partial charge in [0.05, 0.1) is 24.7 Å². The van der Waals surface area contributed by atoms with Crippen molar-refractivity contribution in [2.45, 2.75) is 26.7 Å². The first-order chi connectivity index (χ1) is 11.5. The number of aliphatic carboxylic acids is 1. The summed E-state index contributed by atoms with van der Waals surface area (Å²) in [6.07, 6.45) is 0. The van der Waals surface area contributed by atoms with Gasteiger partial charge in [0.1, 0.15) is 5.75 Å². The van der Waals surface area contributed by atoms with Gasteiger partial charge in [0.2, 0.25) is 0 Å². The Bertz CT molecular complexity index is 713. The predicted octanol–water partition coefficient (Wildman–Crippen LogP) is 4.48. The molecule has 128 valence electrons. The Balaban J connectivity index is 2.75. The van der Waals surface area contributed by atoms with Gasteiger partial charge in [0.25, 0.3) is 0 Å². The van der Waals surface area contributed by atoms with Gasteiger partial charge >= 0.3 is 5.97 Å². The van der Waals surface area contributed by atoms with E-state index in [9.17, 15) is 9.90 Å². The molecular weight excluding hydrogens is 311 g/mol. The third kappa shape index (κ3) is 3.50. The van der Waals surface area contributed by atoms with Crippen LogP contribution < -0.4 is 9.47 Å². The van der Waals surface area contributed by atoms with Crippen molar-refractivity contribution in [2.24, 2.45) is 0 Å². The molecule has 0 aromatic heterocycles. The number of hydrogen-bond donors (Lipinski definition) is 1. The van der Waals surface area contributed by atoms with Crippen molar-refractivity contribution in [3.05, 3.63) is 47.8 Å². The van der Waals surface area contributed by atoms with Crippen LogP contribution in [0.2, 0.25) is 0 Å². The molecule has 0 radical (unpaired) electrons. The minimum absolute atomic E-state index is 0.0581. The lowest BCUT2D eigenvalue weighted by atomic mass is 9.94. The summed E-state index contributed by atoms with van der Waals surface area (Å²) in [5, 5.41) is 9.36. The summed E-state index contributed by atoms with van der Waals surface area (Å²) < 4.78 is 26.1. The Kier molecular flexibility index (Phi) is 5.79. The molecule has 4 nitrogen and oxygen atoms in total. The molecule has 1 atom stereocenters. The lowest BCUT2D eigenvalue weighted by Gasteiger charge is -2.21. The molecule has 0 saturated heterocycles. The number of benzene rings is 2. The fourth-order valence-electron chi connectivity index (χ4n) is 2.55. The second-order valence-corrected chi connectivity index (χ2v) is 5.27. The molecule has 2 rings (SSSR count). The van der Waals surface area contributed by atoms with Crippen LogP contribution in [0.5, 0.6) is 11.5 Å². The van der Waals surface area contributed by atoms with Crippen molar-refractivity contribution in [2.75, 3.05) is 13.2 Å². The average Bonchev–Trinajstić information content (AvgIpc) is 2.58. The quantitative estimate of drug-likeness (QED) is 0.812. The number of carboxylic acids is 1. The summed E-state index contributed by atoms with van der Waals surface area (Å²) in [6, 6.07) is 10.6. The van der Waals surface area contributed by atoms with Crippen LogP contribution in [0.25, 0.3) is 11.1 Å². The molecule has 0 aliphatic rings. The maximum Gasteiger partial charge on any atom is 0.310 e. The molecule has 0 spiro atoms. The molecule has 2 aromatic rings. The summed E-state index contributed by atoms with van der Waals surface area (Å²) in [5.74, 6) is -2.32. The highest BCUT2D eigenvalue weighted by Gasteiger charge is 2.28. The van der Waals surface area contributed by atoms with Crippen molar-refractivity contribution >= 4 is 5.97 Å². The molecule has 2 aromatic carbocycles. The van der Waals surface area contributed by atoms with E-state index >= 15 is 4.39 Å². The molecule has 0 aliphatic heterocycles. The van der Waals surface area contributed by atoms with E-state index in [1.165, 1.54) is 6.92 Å². The molecule has 0 heterocycles. The molecule has 0 bridgehead atoms. The van der Waals surface area contributed by atoms with E-state index in [1.807, 2.05) is 18.2 Å². The zero-order chi connectivity index (χ0) is 17.7. The SMILES string of the molecule is CCOc1cc(-c2ccccc2)c(F)c(OCC)c1C(C)C(=O)O. The van der Waals surface area contributed by atoms with E-state index in [1.54, 1.807) is 32.0 Å². The number of carbonyl (C=O) groups is 1. The molecule has 24 heavy (non-hydrogen) atoms. The number of halogens is 1. The van der Waals surface area contributed by atoms with Crippen molar-refractivity contribution < 1.29 is 23.8 Å². The summed E-state index contributed by atoms with van der Waals surface area (Å²) >= 11 is 0. The van der Waals surface area contributed by atoms with Gasteiger partial charge in [-0.2, -0.15) is 0 Å². The molecule has 0 amide bonds. The molecule has 0 aliphatic carbocycles. The minimum Gasteiger partial charge on any atom is -0.493 e. The van der Waals surface area contributed by atoms with E-state index in [4.69, 9.17) is 9.47 Å². The van der Waals surface area contributed by atoms with Crippen molar-refractivity contribution in [1.29, 1.82) is 0 Å². The predicted molar refractivity (Wildman–Crippen MR) is 90.2 cm³/mol. The largest absolute Gasteiger partial charge is 0.493 e. The average molecular weight is 332 g/mol. The molecule has 0 fully saturated rings. The first-order valence-electron chi connectivity index (χ1n) is 7.91. The van der Waals surface area contributed by atoms with Gasteiger partial charge < -0.3 is 14.6 Å². The Morgan fingerprint density at radius 2 is 1.79 bits per heavy atom. The second kappa shape index (κ2) is 7.81. The first kappa shape index (κ1) is 17.8. The molecule has 0 saturated carbocycles. The highest BCUT2D eigenvalue weighted by molar-refractivity contribution is 5.80. The highest BCUT2D eigenvalue weighted by atomic mass is 19.1. The topological polar surface area (TPSA) is 55.8 Å². The van der Waals surface area contributed by atoms with Crippen molar-refractivity contribution in [1.82, 2.24) is 0 Å². The van der Waals surface area contributed by atoms with Crippen molar-refractivity contribution in [3.8, 4) is 22.6 Å². The zero-order valence-corrected chi connectivity index (χ0v) is 14.0. The van der Waals surface area contributed by atoms with Crippen LogP contribution in [-0.4, -0.2) is 24.3 Å². The summed E-state index contributed by atoms with van der Waals surface area (Å²) in [5.41, 5.74) is 1.22. The standard InChI is InChI=1S/C19H21FO4/c1-4-23-15-11-14(13-9-7-6-8-10-13)17(20)18(24-5-2)16(15)12(3)19(21)22/h6-12H,4-5H2,1-3H3,(H,21,22). The molecule has 1 N–H and O–H groups in total. The summed E-state index contributed by atoms with van der Waals surface area (Å²) in [4.78, 5) is 11.4. The van der Waals surface area contributed by atoms with Crippen LogP contribution in [-0.2, 0) is 4.79 Å². The molecule has 1 unspecified atom stereocenters. The van der Waals surface area contributed by atoms with Gasteiger partial charge in [-0.25, -0.2) is 4.39 Å². The van der Waals surface area contributed by atoms with Gasteiger partial charge in [0, 0.05) is 5.56 Å². The Labute approximate surface area is 140 Å². The Hall–Kier alpha value is -2.56. The summed E-state index contributed by atoms with van der Waals surface area (Å²) in [6.45, 7) is 5.57. The van der Waals surface area contributed by atoms with Gasteiger partial charge in [0.15, 0.2) is 11.6 Å². The lowest BCUT2D eigenvalue weighted by molar-refractivity contribution is -0.138. The van der Waals surface area contributed by atoms with Crippen LogP contribution >= 0.6 is 0 Å². The fourth-order valence-corrected chi connectivity index (χ4v) is 2.55. The fraction of sp³-hybridized carbons (Fsp3) is 0.316. The Morgan fingerprint density at radius 3 is 2.33 bits per heavy atom. The maximum absolute atomic E-state index is 15.1.